The summed E-state index contributed by atoms with van der Waals surface area (Å²) in [6, 6.07) is 5.71. The molecule has 6 heteroatoms. The zero-order valence-corrected chi connectivity index (χ0v) is 14.9. The van der Waals surface area contributed by atoms with E-state index in [0.29, 0.717) is 17.7 Å². The van der Waals surface area contributed by atoms with E-state index in [4.69, 9.17) is 4.74 Å². The lowest BCUT2D eigenvalue weighted by Crippen LogP contribution is -2.44. The highest BCUT2D eigenvalue weighted by atomic mass is 79.9. The number of nitrogens with zero attached hydrogens (tertiary/aromatic N) is 3. The number of carbonyl (C=O) groups is 1. The van der Waals surface area contributed by atoms with Gasteiger partial charge in [-0.1, -0.05) is 29.8 Å². The van der Waals surface area contributed by atoms with Crippen LogP contribution >= 0.6 is 15.9 Å². The van der Waals surface area contributed by atoms with Gasteiger partial charge in [0.1, 0.15) is 6.33 Å². The molecule has 1 aliphatic heterocycles. The Balaban J connectivity index is 1.71. The molecule has 0 unspecified atom stereocenters. The topological polar surface area (TPSA) is 55.3 Å². The maximum Gasteiger partial charge on any atom is 0.260 e. The Morgan fingerprint density at radius 1 is 1.30 bits per heavy atom. The molecule has 1 aromatic carbocycles. The van der Waals surface area contributed by atoms with Gasteiger partial charge in [-0.2, -0.15) is 0 Å². The predicted octanol–water partition coefficient (Wildman–Crippen LogP) is 3.28. The number of aromatic nitrogens is 2. The van der Waals surface area contributed by atoms with Crippen molar-refractivity contribution in [3.8, 4) is 5.88 Å². The number of carbonyl (C=O) groups excluding carboxylic acids is 1. The molecule has 1 amide bonds. The van der Waals surface area contributed by atoms with Crippen molar-refractivity contribution in [2.75, 3.05) is 19.7 Å². The molecule has 2 heterocycles. The fourth-order valence-corrected chi connectivity index (χ4v) is 3.57. The normalized spacial score (nSPS) is 21.4. The van der Waals surface area contributed by atoms with Gasteiger partial charge in [0.25, 0.3) is 5.91 Å². The maximum absolute atomic E-state index is 12.4. The van der Waals surface area contributed by atoms with Crippen molar-refractivity contribution in [1.29, 1.82) is 0 Å². The average Bonchev–Trinajstić information content (AvgIpc) is 2.51. The molecule has 5 nitrogen and oxygen atoms in total. The lowest BCUT2D eigenvalue weighted by molar-refractivity contribution is -0.136. The summed E-state index contributed by atoms with van der Waals surface area (Å²) < 4.78 is 6.62. The highest BCUT2D eigenvalue weighted by Crippen LogP contribution is 2.25. The minimum Gasteiger partial charge on any atom is -0.467 e. The molecule has 1 aliphatic rings. The summed E-state index contributed by atoms with van der Waals surface area (Å²) in [6.07, 6.45) is 2.64. The monoisotopic (exact) mass is 377 g/mol. The Bertz CT molecular complexity index is 712. The third-order valence-corrected chi connectivity index (χ3v) is 4.61. The molecule has 1 aromatic heterocycles. The molecule has 122 valence electrons. The molecule has 0 aliphatic carbocycles. The molecule has 0 radical (unpaired) electrons. The zero-order chi connectivity index (χ0) is 16.4. The summed E-state index contributed by atoms with van der Waals surface area (Å²) in [5.74, 6) is 1.55. The van der Waals surface area contributed by atoms with Gasteiger partial charge in [0.2, 0.25) is 5.88 Å². The second-order valence-corrected chi connectivity index (χ2v) is 7.29. The van der Waals surface area contributed by atoms with Crippen LogP contribution in [-0.4, -0.2) is 40.5 Å². The van der Waals surface area contributed by atoms with Crippen LogP contribution in [0.15, 0.2) is 29.0 Å². The van der Waals surface area contributed by atoms with Crippen molar-refractivity contribution in [1.82, 2.24) is 14.9 Å². The minimum atomic E-state index is 0.0120. The van der Waals surface area contributed by atoms with E-state index in [0.717, 1.165) is 28.5 Å². The van der Waals surface area contributed by atoms with Crippen LogP contribution in [0.2, 0.25) is 0 Å². The third kappa shape index (κ3) is 3.80. The molecule has 23 heavy (non-hydrogen) atoms. The minimum absolute atomic E-state index is 0.0120. The highest BCUT2D eigenvalue weighted by molar-refractivity contribution is 9.10. The van der Waals surface area contributed by atoms with E-state index in [1.54, 1.807) is 0 Å². The number of rotatable bonds is 3. The van der Waals surface area contributed by atoms with Gasteiger partial charge < -0.3 is 9.64 Å². The summed E-state index contributed by atoms with van der Waals surface area (Å²) in [5.41, 5.74) is 0.797. The Hall–Kier alpha value is -1.69. The van der Waals surface area contributed by atoms with Crippen LogP contribution < -0.4 is 4.74 Å². The van der Waals surface area contributed by atoms with Crippen molar-refractivity contribution < 1.29 is 9.53 Å². The number of hydrogen-bond donors (Lipinski definition) is 0. The second kappa shape index (κ2) is 6.83. The van der Waals surface area contributed by atoms with Crippen molar-refractivity contribution in [3.05, 3.63) is 29.0 Å². The van der Waals surface area contributed by atoms with Crippen LogP contribution in [0, 0.1) is 11.8 Å². The third-order valence-electron chi connectivity index (χ3n) is 4.11. The molecule has 3 rings (SSSR count). The first-order valence-corrected chi connectivity index (χ1v) is 8.63. The number of ether oxygens (including phenoxy) is 1. The number of hydrogen-bond acceptors (Lipinski definition) is 4. The van der Waals surface area contributed by atoms with E-state index in [-0.39, 0.29) is 12.5 Å². The van der Waals surface area contributed by atoms with E-state index in [2.05, 4.69) is 39.7 Å². The van der Waals surface area contributed by atoms with Gasteiger partial charge in [0.15, 0.2) is 6.61 Å². The van der Waals surface area contributed by atoms with Crippen molar-refractivity contribution in [3.63, 3.8) is 0 Å². The first-order chi connectivity index (χ1) is 11.0. The fourth-order valence-electron chi connectivity index (χ4n) is 3.21. The van der Waals surface area contributed by atoms with Gasteiger partial charge in [0, 0.05) is 17.6 Å². The van der Waals surface area contributed by atoms with Gasteiger partial charge in [-0.15, -0.1) is 0 Å². The van der Waals surface area contributed by atoms with Crippen LogP contribution in [-0.2, 0) is 4.79 Å². The van der Waals surface area contributed by atoms with Gasteiger partial charge >= 0.3 is 0 Å². The number of piperidine rings is 1. The summed E-state index contributed by atoms with van der Waals surface area (Å²) in [7, 11) is 0. The Labute approximate surface area is 144 Å². The second-order valence-electron chi connectivity index (χ2n) is 6.37. The van der Waals surface area contributed by atoms with Crippen LogP contribution in [0.5, 0.6) is 5.88 Å². The quantitative estimate of drug-likeness (QED) is 0.823. The van der Waals surface area contributed by atoms with Gasteiger partial charge in [-0.25, -0.2) is 9.97 Å². The molecule has 0 spiro atoms. The average molecular weight is 378 g/mol. The van der Waals surface area contributed by atoms with Crippen LogP contribution in [0.3, 0.4) is 0 Å². The lowest BCUT2D eigenvalue weighted by Gasteiger charge is -2.34. The van der Waals surface area contributed by atoms with E-state index >= 15 is 0 Å². The molecular formula is C17H20BrN3O2. The first kappa shape index (κ1) is 16.2. The largest absolute Gasteiger partial charge is 0.467 e. The zero-order valence-electron chi connectivity index (χ0n) is 13.3. The number of fused-ring (bicyclic) bond motifs is 1. The number of likely N-dealkylation sites (tertiary alicyclic amines) is 1. The van der Waals surface area contributed by atoms with E-state index in [1.807, 2.05) is 23.1 Å². The Morgan fingerprint density at radius 2 is 2.04 bits per heavy atom. The van der Waals surface area contributed by atoms with Crippen molar-refractivity contribution in [2.24, 2.45) is 11.8 Å². The lowest BCUT2D eigenvalue weighted by atomic mass is 9.92. The smallest absolute Gasteiger partial charge is 0.260 e. The van der Waals surface area contributed by atoms with E-state index in [1.165, 1.54) is 12.7 Å². The highest BCUT2D eigenvalue weighted by Gasteiger charge is 2.25. The summed E-state index contributed by atoms with van der Waals surface area (Å²) in [5, 5.41) is 0.801. The molecular weight excluding hydrogens is 358 g/mol. The SMILES string of the molecule is C[C@@H]1C[C@H](C)CN(C(=O)COc2ncnc3ccc(Br)cc23)C1. The molecule has 0 N–H and O–H groups in total. The number of benzene rings is 1. The molecule has 0 saturated carbocycles. The van der Waals surface area contributed by atoms with Crippen molar-refractivity contribution >= 4 is 32.7 Å². The first-order valence-electron chi connectivity index (χ1n) is 7.83. The standard InChI is InChI=1S/C17H20BrN3O2/c1-11-5-12(2)8-21(7-11)16(22)9-23-17-14-6-13(18)3-4-15(14)19-10-20-17/h3-4,6,10-12H,5,7-9H2,1-2H3/t11-,12+. The van der Waals surface area contributed by atoms with E-state index in [9.17, 15) is 4.79 Å². The maximum atomic E-state index is 12.4. The predicted molar refractivity (Wildman–Crippen MR) is 92.3 cm³/mol. The molecule has 1 fully saturated rings. The van der Waals surface area contributed by atoms with Gasteiger partial charge in [0.05, 0.1) is 10.9 Å². The summed E-state index contributed by atoms with van der Waals surface area (Å²) in [4.78, 5) is 22.7. The van der Waals surface area contributed by atoms with Crippen LogP contribution in [0.1, 0.15) is 20.3 Å². The molecule has 1 saturated heterocycles. The van der Waals surface area contributed by atoms with Crippen LogP contribution in [0.4, 0.5) is 0 Å². The fraction of sp³-hybridized carbons (Fsp3) is 0.471. The summed E-state index contributed by atoms with van der Waals surface area (Å²) >= 11 is 3.44. The molecule has 2 atom stereocenters. The van der Waals surface area contributed by atoms with Gasteiger partial charge in [-0.3, -0.25) is 4.79 Å². The number of amides is 1. The Morgan fingerprint density at radius 3 is 2.78 bits per heavy atom. The molecule has 0 bridgehead atoms. The number of halogens is 1. The van der Waals surface area contributed by atoms with Crippen LogP contribution in [0.25, 0.3) is 10.9 Å². The van der Waals surface area contributed by atoms with E-state index < -0.39 is 0 Å². The van der Waals surface area contributed by atoms with Gasteiger partial charge in [-0.05, 0) is 36.5 Å². The van der Waals surface area contributed by atoms with Crippen molar-refractivity contribution in [2.45, 2.75) is 20.3 Å². The molecule has 2 aromatic rings. The summed E-state index contributed by atoms with van der Waals surface area (Å²) in [6.45, 7) is 6.00. The Kier molecular flexibility index (Phi) is 4.80.